The van der Waals surface area contributed by atoms with Gasteiger partial charge in [0.05, 0.1) is 5.56 Å². The molecule has 42 heavy (non-hydrogen) atoms. The number of carbonyl (C=O) groups excluding carboxylic acids is 1. The molecular weight excluding hydrogens is 531 g/mol. The summed E-state index contributed by atoms with van der Waals surface area (Å²) in [6.07, 6.45) is 4.37. The Kier molecular flexibility index (Phi) is 8.42. The van der Waals surface area contributed by atoms with E-state index in [-0.39, 0.29) is 23.3 Å². The molecule has 5 heteroatoms. The van der Waals surface area contributed by atoms with Crippen LogP contribution in [-0.2, 0) is 29.4 Å². The number of alkyl halides is 3. The molecule has 1 saturated carbocycles. The summed E-state index contributed by atoms with van der Waals surface area (Å²) in [7, 11) is 0. The second-order valence-electron chi connectivity index (χ2n) is 13.2. The van der Waals surface area contributed by atoms with E-state index in [4.69, 9.17) is 0 Å². The van der Waals surface area contributed by atoms with Gasteiger partial charge >= 0.3 is 6.18 Å². The standard InChI is InChI=1S/C37H42F3NO/c1-26(2)29-14-18-32-30(23-29)15-19-33-35(3,21-8-22-36(32,33)4)25-41(34(42)20-13-27-9-6-5-7-10-27)24-28-11-16-31(17-12-28)37(38,39)40/h5-7,9-14,16-18,20,23,26,33H,8,15,19,21-22,24-25H2,1-4H3/b20-13+. The number of hydrogen-bond donors (Lipinski definition) is 0. The lowest BCUT2D eigenvalue weighted by Gasteiger charge is -2.56. The van der Waals surface area contributed by atoms with Crippen molar-refractivity contribution >= 4 is 12.0 Å². The average Bonchev–Trinajstić information content (AvgIpc) is 2.95. The lowest BCUT2D eigenvalue weighted by molar-refractivity contribution is -0.137. The Labute approximate surface area is 248 Å². The zero-order chi connectivity index (χ0) is 30.1. The first-order valence-electron chi connectivity index (χ1n) is 15.2. The second-order valence-corrected chi connectivity index (χ2v) is 13.2. The number of nitrogens with zero attached hydrogens (tertiary/aromatic N) is 1. The van der Waals surface area contributed by atoms with Crippen LogP contribution in [0, 0.1) is 11.3 Å². The molecule has 0 radical (unpaired) electrons. The van der Waals surface area contributed by atoms with Gasteiger partial charge in [-0.15, -0.1) is 0 Å². The average molecular weight is 574 g/mol. The van der Waals surface area contributed by atoms with Crippen LogP contribution in [0.2, 0.25) is 0 Å². The van der Waals surface area contributed by atoms with Crippen LogP contribution < -0.4 is 0 Å². The van der Waals surface area contributed by atoms with Gasteiger partial charge in [-0.1, -0.05) is 94.8 Å². The van der Waals surface area contributed by atoms with Crippen molar-refractivity contribution in [3.8, 4) is 0 Å². The van der Waals surface area contributed by atoms with Crippen molar-refractivity contribution in [1.29, 1.82) is 0 Å². The van der Waals surface area contributed by atoms with Gasteiger partial charge in [0.1, 0.15) is 0 Å². The molecule has 1 fully saturated rings. The number of hydrogen-bond acceptors (Lipinski definition) is 1. The molecule has 0 spiro atoms. The maximum Gasteiger partial charge on any atom is 0.416 e. The first-order valence-corrected chi connectivity index (χ1v) is 15.2. The minimum absolute atomic E-state index is 0.0268. The van der Waals surface area contributed by atoms with E-state index < -0.39 is 11.7 Å². The highest BCUT2D eigenvalue weighted by Crippen LogP contribution is 2.57. The van der Waals surface area contributed by atoms with Crippen LogP contribution in [0.1, 0.15) is 92.7 Å². The molecule has 0 N–H and O–H groups in total. The number of carbonyl (C=O) groups is 1. The van der Waals surface area contributed by atoms with Crippen LogP contribution in [0.5, 0.6) is 0 Å². The topological polar surface area (TPSA) is 20.3 Å². The van der Waals surface area contributed by atoms with Gasteiger partial charge in [0.15, 0.2) is 0 Å². The summed E-state index contributed by atoms with van der Waals surface area (Å²) in [6.45, 7) is 10.0. The third-order valence-electron chi connectivity index (χ3n) is 9.90. The predicted molar refractivity (Wildman–Crippen MR) is 164 cm³/mol. The number of aryl methyl sites for hydroxylation is 1. The van der Waals surface area contributed by atoms with E-state index in [9.17, 15) is 18.0 Å². The molecular formula is C37H42F3NO. The molecule has 2 aliphatic carbocycles. The molecule has 0 aliphatic heterocycles. The Balaban J connectivity index is 1.44. The molecule has 3 aromatic carbocycles. The van der Waals surface area contributed by atoms with Crippen LogP contribution in [0.3, 0.4) is 0 Å². The monoisotopic (exact) mass is 573 g/mol. The third kappa shape index (κ3) is 6.21. The molecule has 3 aromatic rings. The van der Waals surface area contributed by atoms with E-state index in [0.717, 1.165) is 49.8 Å². The lowest BCUT2D eigenvalue weighted by Crippen LogP contribution is -2.53. The number of rotatable bonds is 7. The van der Waals surface area contributed by atoms with Crippen LogP contribution in [0.4, 0.5) is 13.2 Å². The number of benzene rings is 3. The van der Waals surface area contributed by atoms with Crippen molar-refractivity contribution in [1.82, 2.24) is 4.90 Å². The molecule has 0 aromatic heterocycles. The fourth-order valence-corrected chi connectivity index (χ4v) is 7.70. The lowest BCUT2D eigenvalue weighted by atomic mass is 9.49. The first-order chi connectivity index (χ1) is 19.9. The van der Waals surface area contributed by atoms with Gasteiger partial charge in [-0.05, 0) is 94.4 Å². The Bertz CT molecular complexity index is 1430. The maximum absolute atomic E-state index is 13.8. The fraction of sp³-hybridized carbons (Fsp3) is 0.432. The Hall–Kier alpha value is -3.34. The molecule has 1 amide bonds. The minimum Gasteiger partial charge on any atom is -0.334 e. The smallest absolute Gasteiger partial charge is 0.334 e. The zero-order valence-corrected chi connectivity index (χ0v) is 25.2. The van der Waals surface area contributed by atoms with Crippen LogP contribution >= 0.6 is 0 Å². The summed E-state index contributed by atoms with van der Waals surface area (Å²) in [5, 5.41) is 0. The highest BCUT2D eigenvalue weighted by Gasteiger charge is 2.52. The first kappa shape index (κ1) is 30.1. The Morgan fingerprint density at radius 3 is 2.38 bits per heavy atom. The van der Waals surface area contributed by atoms with Gasteiger partial charge in [0.25, 0.3) is 0 Å². The van der Waals surface area contributed by atoms with Crippen molar-refractivity contribution in [3.05, 3.63) is 112 Å². The Morgan fingerprint density at radius 2 is 1.71 bits per heavy atom. The van der Waals surface area contributed by atoms with Gasteiger partial charge in [0.2, 0.25) is 5.91 Å². The van der Waals surface area contributed by atoms with Gasteiger partial charge < -0.3 is 4.90 Å². The molecule has 3 atom stereocenters. The van der Waals surface area contributed by atoms with Gasteiger partial charge in [-0.2, -0.15) is 13.2 Å². The van der Waals surface area contributed by atoms with Crippen LogP contribution in [0.25, 0.3) is 6.08 Å². The fourth-order valence-electron chi connectivity index (χ4n) is 7.70. The van der Waals surface area contributed by atoms with Gasteiger partial charge in [-0.3, -0.25) is 4.79 Å². The number of fused-ring (bicyclic) bond motifs is 3. The highest BCUT2D eigenvalue weighted by atomic mass is 19.4. The summed E-state index contributed by atoms with van der Waals surface area (Å²) in [6, 6.07) is 22.0. The van der Waals surface area contributed by atoms with Crippen molar-refractivity contribution in [2.45, 2.75) is 83.9 Å². The largest absolute Gasteiger partial charge is 0.416 e. The van der Waals surface area contributed by atoms with E-state index in [1.54, 1.807) is 6.08 Å². The van der Waals surface area contributed by atoms with Crippen LogP contribution in [-0.4, -0.2) is 17.4 Å². The maximum atomic E-state index is 13.8. The van der Waals surface area contributed by atoms with Gasteiger partial charge in [0, 0.05) is 19.2 Å². The highest BCUT2D eigenvalue weighted by molar-refractivity contribution is 5.91. The SMILES string of the molecule is CC(C)c1ccc2c(c1)CCC1C(C)(CN(Cc3ccc(C(F)(F)F)cc3)C(=O)/C=C/c3ccccc3)CCCC21C. The van der Waals surface area contributed by atoms with E-state index in [1.165, 1.54) is 28.8 Å². The van der Waals surface area contributed by atoms with E-state index in [2.05, 4.69) is 45.9 Å². The van der Waals surface area contributed by atoms with Crippen molar-refractivity contribution in [2.75, 3.05) is 6.54 Å². The van der Waals surface area contributed by atoms with E-state index in [1.807, 2.05) is 41.3 Å². The van der Waals surface area contributed by atoms with E-state index >= 15 is 0 Å². The van der Waals surface area contributed by atoms with Crippen molar-refractivity contribution in [3.63, 3.8) is 0 Å². The Morgan fingerprint density at radius 1 is 1.00 bits per heavy atom. The zero-order valence-electron chi connectivity index (χ0n) is 25.2. The predicted octanol–water partition coefficient (Wildman–Crippen LogP) is 9.58. The molecule has 222 valence electrons. The molecule has 0 heterocycles. The molecule has 2 aliphatic rings. The van der Waals surface area contributed by atoms with Crippen molar-refractivity contribution < 1.29 is 18.0 Å². The van der Waals surface area contributed by atoms with Crippen LogP contribution in [0.15, 0.2) is 78.9 Å². The molecule has 0 bridgehead atoms. The second kappa shape index (κ2) is 11.7. The molecule has 5 rings (SSSR count). The van der Waals surface area contributed by atoms with Crippen molar-refractivity contribution in [2.24, 2.45) is 11.3 Å². The van der Waals surface area contributed by atoms with E-state index in [0.29, 0.717) is 23.9 Å². The normalized spacial score (nSPS) is 24.0. The molecule has 0 saturated heterocycles. The number of amides is 1. The minimum atomic E-state index is -4.39. The number of halogens is 3. The quantitative estimate of drug-likeness (QED) is 0.258. The summed E-state index contributed by atoms with van der Waals surface area (Å²) < 4.78 is 39.7. The third-order valence-corrected chi connectivity index (χ3v) is 9.90. The summed E-state index contributed by atoms with van der Waals surface area (Å²) in [5.41, 5.74) is 5.16. The molecule has 3 unspecified atom stereocenters. The summed E-state index contributed by atoms with van der Waals surface area (Å²) in [5.74, 6) is 0.772. The summed E-state index contributed by atoms with van der Waals surface area (Å²) in [4.78, 5) is 15.6. The summed E-state index contributed by atoms with van der Waals surface area (Å²) >= 11 is 0. The van der Waals surface area contributed by atoms with Gasteiger partial charge in [-0.25, -0.2) is 0 Å². The molecule has 2 nitrogen and oxygen atoms in total.